The lowest BCUT2D eigenvalue weighted by Crippen LogP contribution is -2.18. The summed E-state index contributed by atoms with van der Waals surface area (Å²) in [5.74, 6) is 3.33. The highest BCUT2D eigenvalue weighted by Crippen LogP contribution is 2.63. The summed E-state index contributed by atoms with van der Waals surface area (Å²) in [7, 11) is 0. The van der Waals surface area contributed by atoms with Gasteiger partial charge in [-0.25, -0.2) is 0 Å². The Morgan fingerprint density at radius 3 is 2.37 bits per heavy atom. The Morgan fingerprint density at radius 1 is 1.04 bits per heavy atom. The highest BCUT2D eigenvalue weighted by molar-refractivity contribution is 9.10. The second-order valence-electron chi connectivity index (χ2n) is 8.22. The maximum absolute atomic E-state index is 9.79. The summed E-state index contributed by atoms with van der Waals surface area (Å²) in [6, 6.07) is 6.07. The van der Waals surface area contributed by atoms with Crippen LogP contribution in [-0.4, -0.2) is 35.6 Å². The largest absolute Gasteiger partial charge is 0.490 e. The van der Waals surface area contributed by atoms with Gasteiger partial charge in [0.2, 0.25) is 0 Å². The third-order valence-electron chi connectivity index (χ3n) is 5.86. The summed E-state index contributed by atoms with van der Waals surface area (Å²) >= 11 is 3.69. The maximum Gasteiger partial charge on any atom is 0.132 e. The molecule has 1 saturated carbocycles. The summed E-state index contributed by atoms with van der Waals surface area (Å²) in [6.45, 7) is 6.34. The van der Waals surface area contributed by atoms with Crippen molar-refractivity contribution >= 4 is 26.7 Å². The van der Waals surface area contributed by atoms with E-state index >= 15 is 0 Å². The zero-order valence-electron chi connectivity index (χ0n) is 16.0. The monoisotopic (exact) mass is 434 g/mol. The summed E-state index contributed by atoms with van der Waals surface area (Å²) in [5, 5.41) is 21.6. The van der Waals surface area contributed by atoms with Gasteiger partial charge in [0, 0.05) is 26.4 Å². The fourth-order valence-electron chi connectivity index (χ4n) is 4.84. The average Bonchev–Trinajstić information content (AvgIpc) is 3.15. The van der Waals surface area contributed by atoms with Gasteiger partial charge in [-0.15, -0.1) is 0 Å². The number of aliphatic hydroxyl groups excluding tert-OH is 2. The third kappa shape index (κ3) is 3.24. The van der Waals surface area contributed by atoms with Gasteiger partial charge >= 0.3 is 0 Å². The zero-order valence-corrected chi connectivity index (χ0v) is 17.6. The van der Waals surface area contributed by atoms with Crippen LogP contribution < -0.4 is 9.47 Å². The van der Waals surface area contributed by atoms with Gasteiger partial charge < -0.3 is 19.7 Å². The molecular formula is C22H27BrO4. The number of rotatable bonds is 6. The molecule has 0 saturated heterocycles. The van der Waals surface area contributed by atoms with Gasteiger partial charge in [-0.2, -0.15) is 0 Å². The van der Waals surface area contributed by atoms with Crippen molar-refractivity contribution < 1.29 is 19.7 Å². The topological polar surface area (TPSA) is 58.9 Å². The Morgan fingerprint density at radius 2 is 1.70 bits per heavy atom. The average molecular weight is 435 g/mol. The van der Waals surface area contributed by atoms with E-state index in [1.165, 1.54) is 11.1 Å². The molecule has 2 N–H and O–H groups in total. The first-order valence-corrected chi connectivity index (χ1v) is 10.6. The van der Waals surface area contributed by atoms with Crippen LogP contribution in [0.5, 0.6) is 11.5 Å². The zero-order chi connectivity index (χ0) is 19.3. The SMILES string of the molecule is CC(O)COc1c2c(c(OCC(C)O)c3c(Br)cccc13)C1CC(C)C2C1. The Bertz CT molecular complexity index is 861. The highest BCUT2D eigenvalue weighted by atomic mass is 79.9. The maximum atomic E-state index is 9.79. The molecule has 1 fully saturated rings. The predicted molar refractivity (Wildman–Crippen MR) is 110 cm³/mol. The standard InChI is InChI=1S/C22H27BrO4/c1-11-7-14-8-16(11)20-18(14)22(27-10-13(3)25)19-15(5-4-6-17(19)23)21(20)26-9-12(2)24/h4-6,11-14,16,24-25H,7-10H2,1-3H3. The van der Waals surface area contributed by atoms with Crippen LogP contribution in [-0.2, 0) is 0 Å². The first-order chi connectivity index (χ1) is 12.9. The molecule has 2 bridgehead atoms. The normalized spacial score (nSPS) is 25.5. The molecule has 5 unspecified atom stereocenters. The summed E-state index contributed by atoms with van der Waals surface area (Å²) in [6.07, 6.45) is 1.24. The second-order valence-corrected chi connectivity index (χ2v) is 9.07. The van der Waals surface area contributed by atoms with E-state index in [0.29, 0.717) is 17.8 Å². The molecule has 5 atom stereocenters. The number of halogens is 1. The molecule has 0 aromatic heterocycles. The molecule has 27 heavy (non-hydrogen) atoms. The van der Waals surface area contributed by atoms with Crippen LogP contribution in [0.25, 0.3) is 10.8 Å². The van der Waals surface area contributed by atoms with Crippen molar-refractivity contribution in [1.82, 2.24) is 0 Å². The van der Waals surface area contributed by atoms with E-state index in [1.54, 1.807) is 13.8 Å². The third-order valence-corrected chi connectivity index (χ3v) is 6.52. The van der Waals surface area contributed by atoms with Gasteiger partial charge in [0.15, 0.2) is 0 Å². The van der Waals surface area contributed by atoms with Crippen molar-refractivity contribution in [3.8, 4) is 11.5 Å². The predicted octanol–water partition coefficient (Wildman–Crippen LogP) is 4.73. The molecule has 0 heterocycles. The van der Waals surface area contributed by atoms with E-state index in [4.69, 9.17) is 9.47 Å². The van der Waals surface area contributed by atoms with Crippen LogP contribution in [0, 0.1) is 5.92 Å². The Labute approximate surface area is 168 Å². The van der Waals surface area contributed by atoms with Crippen LogP contribution >= 0.6 is 15.9 Å². The van der Waals surface area contributed by atoms with Gasteiger partial charge in [0.25, 0.3) is 0 Å². The Hall–Kier alpha value is -1.30. The van der Waals surface area contributed by atoms with Crippen molar-refractivity contribution in [2.75, 3.05) is 13.2 Å². The Balaban J connectivity index is 1.97. The lowest BCUT2D eigenvalue weighted by Gasteiger charge is -2.28. The van der Waals surface area contributed by atoms with Crippen molar-refractivity contribution in [1.29, 1.82) is 0 Å². The van der Waals surface area contributed by atoms with Crippen molar-refractivity contribution in [3.63, 3.8) is 0 Å². The van der Waals surface area contributed by atoms with Gasteiger partial charge in [-0.3, -0.25) is 0 Å². The van der Waals surface area contributed by atoms with E-state index < -0.39 is 12.2 Å². The van der Waals surface area contributed by atoms with Crippen LogP contribution in [0.2, 0.25) is 0 Å². The van der Waals surface area contributed by atoms with Gasteiger partial charge in [0.1, 0.15) is 24.7 Å². The minimum atomic E-state index is -0.526. The van der Waals surface area contributed by atoms with Gasteiger partial charge in [-0.05, 0) is 50.5 Å². The summed E-state index contributed by atoms with van der Waals surface area (Å²) in [5.41, 5.74) is 2.50. The number of benzene rings is 2. The fraction of sp³-hybridized carbons (Fsp3) is 0.545. The van der Waals surface area contributed by atoms with Crippen molar-refractivity contribution in [3.05, 3.63) is 33.8 Å². The van der Waals surface area contributed by atoms with Crippen LogP contribution in [0.1, 0.15) is 56.6 Å². The van der Waals surface area contributed by atoms with Gasteiger partial charge in [-0.1, -0.05) is 35.0 Å². The van der Waals surface area contributed by atoms with E-state index in [-0.39, 0.29) is 13.2 Å². The molecule has 146 valence electrons. The minimum absolute atomic E-state index is 0.268. The molecule has 5 heteroatoms. The molecule has 0 spiro atoms. The number of ether oxygens (including phenoxy) is 2. The minimum Gasteiger partial charge on any atom is -0.490 e. The lowest BCUT2D eigenvalue weighted by molar-refractivity contribution is 0.120. The second kappa shape index (κ2) is 7.26. The van der Waals surface area contributed by atoms with E-state index in [0.717, 1.165) is 39.6 Å². The number of hydrogen-bond acceptors (Lipinski definition) is 4. The molecule has 4 rings (SSSR count). The van der Waals surface area contributed by atoms with Crippen molar-refractivity contribution in [2.24, 2.45) is 5.92 Å². The molecule has 2 aliphatic carbocycles. The first kappa shape index (κ1) is 19.0. The molecular weight excluding hydrogens is 408 g/mol. The van der Waals surface area contributed by atoms with Crippen LogP contribution in [0.15, 0.2) is 22.7 Å². The number of aliphatic hydroxyl groups is 2. The fourth-order valence-corrected chi connectivity index (χ4v) is 5.39. The first-order valence-electron chi connectivity index (χ1n) is 9.78. The molecule has 2 aromatic carbocycles. The number of fused-ring (bicyclic) bond motifs is 6. The van der Waals surface area contributed by atoms with E-state index in [1.807, 2.05) is 12.1 Å². The van der Waals surface area contributed by atoms with Crippen LogP contribution in [0.4, 0.5) is 0 Å². The molecule has 2 aliphatic rings. The van der Waals surface area contributed by atoms with Gasteiger partial charge in [0.05, 0.1) is 12.2 Å². The summed E-state index contributed by atoms with van der Waals surface area (Å²) < 4.78 is 13.3. The quantitative estimate of drug-likeness (QED) is 0.689. The lowest BCUT2D eigenvalue weighted by atomic mass is 9.82. The molecule has 0 aliphatic heterocycles. The summed E-state index contributed by atoms with van der Waals surface area (Å²) in [4.78, 5) is 0. The molecule has 2 aromatic rings. The highest BCUT2D eigenvalue weighted by Gasteiger charge is 2.46. The Kier molecular flexibility index (Phi) is 5.12. The molecule has 4 nitrogen and oxygen atoms in total. The van der Waals surface area contributed by atoms with E-state index in [9.17, 15) is 10.2 Å². The van der Waals surface area contributed by atoms with Crippen LogP contribution in [0.3, 0.4) is 0 Å². The van der Waals surface area contributed by atoms with E-state index in [2.05, 4.69) is 28.9 Å². The number of hydrogen-bond donors (Lipinski definition) is 2. The molecule has 0 amide bonds. The smallest absolute Gasteiger partial charge is 0.132 e. The molecule has 0 radical (unpaired) electrons. The van der Waals surface area contributed by atoms with Crippen molar-refractivity contribution in [2.45, 2.75) is 57.7 Å².